The van der Waals surface area contributed by atoms with Gasteiger partial charge in [-0.05, 0) is 67.3 Å². The molecule has 2 heterocycles. The van der Waals surface area contributed by atoms with E-state index >= 15 is 0 Å². The third-order valence-electron chi connectivity index (χ3n) is 5.98. The topological polar surface area (TPSA) is 90.8 Å². The molecule has 0 spiro atoms. The predicted octanol–water partition coefficient (Wildman–Crippen LogP) is 4.23. The van der Waals surface area contributed by atoms with Crippen molar-refractivity contribution in [2.45, 2.75) is 83.6 Å². The van der Waals surface area contributed by atoms with Crippen molar-refractivity contribution in [3.63, 3.8) is 0 Å². The molecule has 0 amide bonds. The molecule has 1 aromatic carbocycles. The Morgan fingerprint density at radius 2 is 1.91 bits per heavy atom. The van der Waals surface area contributed by atoms with E-state index in [1.807, 2.05) is 27.7 Å². The third-order valence-corrected chi connectivity index (χ3v) is 5.98. The molecule has 2 aliphatic rings. The molecule has 4 N–H and O–H groups in total. The van der Waals surface area contributed by atoms with Crippen LogP contribution >= 0.6 is 0 Å². The van der Waals surface area contributed by atoms with E-state index in [4.69, 9.17) is 9.72 Å². The summed E-state index contributed by atoms with van der Waals surface area (Å²) in [5.74, 6) is 0.311. The summed E-state index contributed by atoms with van der Waals surface area (Å²) in [6.07, 6.45) is -2.00. The average Bonchev–Trinajstić information content (AvgIpc) is 3.14. The van der Waals surface area contributed by atoms with E-state index in [9.17, 15) is 18.3 Å². The molecule has 1 aliphatic carbocycles. The van der Waals surface area contributed by atoms with Crippen LogP contribution in [-0.2, 0) is 10.2 Å². The molecular weight excluding hydrogens is 435 g/mol. The summed E-state index contributed by atoms with van der Waals surface area (Å²) in [6.45, 7) is 7.64. The molecule has 1 unspecified atom stereocenters. The number of anilines is 1. The average molecular weight is 466 g/mol. The number of hydrogen-bond acceptors (Lipinski definition) is 7. The Balaban J connectivity index is 1.62. The van der Waals surface area contributed by atoms with Crippen LogP contribution in [0.2, 0.25) is 0 Å². The van der Waals surface area contributed by atoms with Crippen LogP contribution < -0.4 is 16.1 Å². The van der Waals surface area contributed by atoms with Crippen LogP contribution in [0.5, 0.6) is 0 Å². The van der Waals surface area contributed by atoms with E-state index < -0.39 is 18.1 Å². The van der Waals surface area contributed by atoms with Gasteiger partial charge in [0.05, 0.1) is 11.6 Å². The van der Waals surface area contributed by atoms with Gasteiger partial charge in [0.25, 0.3) is 5.90 Å². The number of hydrogen-bond donors (Lipinski definition) is 4. The highest BCUT2D eigenvalue weighted by molar-refractivity contribution is 5.98. The predicted molar refractivity (Wildman–Crippen MR) is 121 cm³/mol. The van der Waals surface area contributed by atoms with Crippen molar-refractivity contribution in [2.75, 3.05) is 5.32 Å². The fourth-order valence-electron chi connectivity index (χ4n) is 4.41. The maximum Gasteiger partial charge on any atom is 0.482 e. The SMILES string of the molecule is Cc1cc(C2=NNC(N[C@H]3CCC[C@@H](O)C3)O2)nc2c(C(C)(C)C)cc(NC(F)(F)F)cc12. The Labute approximate surface area is 190 Å². The number of hydrazone groups is 1. The Morgan fingerprint density at radius 1 is 1.15 bits per heavy atom. The van der Waals surface area contributed by atoms with Crippen molar-refractivity contribution in [1.29, 1.82) is 0 Å². The largest absolute Gasteiger partial charge is 0.482 e. The summed E-state index contributed by atoms with van der Waals surface area (Å²) >= 11 is 0. The number of rotatable bonds is 4. The zero-order valence-corrected chi connectivity index (χ0v) is 19.2. The van der Waals surface area contributed by atoms with Crippen molar-refractivity contribution in [3.8, 4) is 0 Å². The number of fused-ring (bicyclic) bond motifs is 1. The van der Waals surface area contributed by atoms with Crippen molar-refractivity contribution in [1.82, 2.24) is 15.7 Å². The van der Waals surface area contributed by atoms with Crippen LogP contribution in [0.15, 0.2) is 23.3 Å². The lowest BCUT2D eigenvalue weighted by atomic mass is 9.84. The summed E-state index contributed by atoms with van der Waals surface area (Å²) in [4.78, 5) is 4.74. The number of ether oxygens (including phenoxy) is 1. The number of aliphatic hydroxyl groups excluding tert-OH is 1. The van der Waals surface area contributed by atoms with Gasteiger partial charge in [0.15, 0.2) is 0 Å². The van der Waals surface area contributed by atoms with Crippen LogP contribution in [0.3, 0.4) is 0 Å². The summed E-state index contributed by atoms with van der Waals surface area (Å²) < 4.78 is 44.9. The molecule has 2 aromatic rings. The zero-order valence-electron chi connectivity index (χ0n) is 19.2. The lowest BCUT2D eigenvalue weighted by Gasteiger charge is -2.28. The Morgan fingerprint density at radius 3 is 2.58 bits per heavy atom. The van der Waals surface area contributed by atoms with Crippen molar-refractivity contribution < 1.29 is 23.0 Å². The standard InChI is InChI=1S/C23H30F3N5O2/c1-12-8-18(20-30-31-21(33-20)27-13-6-5-7-15(32)9-13)28-19-16(12)10-14(29-23(24,25)26)11-17(19)22(2,3)4/h8,10-11,13,15,21,27,29,31-32H,5-7,9H2,1-4H3/t13-,15+,21?/m0/s1. The molecule has 7 nitrogen and oxygen atoms in total. The molecule has 4 rings (SSSR count). The Bertz CT molecular complexity index is 1060. The van der Waals surface area contributed by atoms with E-state index in [2.05, 4.69) is 15.8 Å². The zero-order chi connectivity index (χ0) is 24.0. The fourth-order valence-corrected chi connectivity index (χ4v) is 4.41. The van der Waals surface area contributed by atoms with Crippen molar-refractivity contribution in [3.05, 3.63) is 35.0 Å². The first kappa shape index (κ1) is 23.6. The molecule has 10 heteroatoms. The molecule has 1 fully saturated rings. The van der Waals surface area contributed by atoms with E-state index in [1.54, 1.807) is 11.4 Å². The van der Waals surface area contributed by atoms with Gasteiger partial charge in [-0.15, -0.1) is 5.10 Å². The van der Waals surface area contributed by atoms with E-state index in [1.165, 1.54) is 12.1 Å². The van der Waals surface area contributed by atoms with Gasteiger partial charge in [-0.1, -0.05) is 20.8 Å². The second-order valence-corrected chi connectivity index (χ2v) is 9.85. The lowest BCUT2D eigenvalue weighted by molar-refractivity contribution is -0.0999. The van der Waals surface area contributed by atoms with E-state index in [0.717, 1.165) is 24.8 Å². The van der Waals surface area contributed by atoms with Crippen molar-refractivity contribution >= 4 is 22.5 Å². The molecule has 33 heavy (non-hydrogen) atoms. The van der Waals surface area contributed by atoms with Gasteiger partial charge >= 0.3 is 6.30 Å². The maximum atomic E-state index is 13.0. The number of halogens is 3. The minimum atomic E-state index is -4.53. The fraction of sp³-hybridized carbons (Fsp3) is 0.565. The van der Waals surface area contributed by atoms with Crippen LogP contribution in [0.25, 0.3) is 10.9 Å². The normalized spacial score (nSPS) is 23.8. The maximum absolute atomic E-state index is 13.0. The highest BCUT2D eigenvalue weighted by Crippen LogP contribution is 2.35. The van der Waals surface area contributed by atoms with Crippen LogP contribution in [-0.4, -0.2) is 40.8 Å². The van der Waals surface area contributed by atoms with Gasteiger partial charge < -0.3 is 9.84 Å². The quantitative estimate of drug-likeness (QED) is 0.506. The first-order chi connectivity index (χ1) is 15.4. The highest BCUT2D eigenvalue weighted by atomic mass is 19.4. The number of nitrogens with zero attached hydrogens (tertiary/aromatic N) is 2. The smallest absolute Gasteiger partial charge is 0.436 e. The Kier molecular flexibility index (Phi) is 6.17. The van der Waals surface area contributed by atoms with Crippen LogP contribution in [0.1, 0.15) is 63.3 Å². The summed E-state index contributed by atoms with van der Waals surface area (Å²) in [7, 11) is 0. The lowest BCUT2D eigenvalue weighted by Crippen LogP contribution is -2.47. The molecule has 0 saturated heterocycles. The number of pyridine rings is 1. The molecular formula is C23H30F3N5O2. The number of nitrogens with one attached hydrogen (secondary N) is 3. The molecule has 3 atom stereocenters. The summed E-state index contributed by atoms with van der Waals surface area (Å²) in [6, 6.07) is 4.86. The second-order valence-electron chi connectivity index (χ2n) is 9.85. The summed E-state index contributed by atoms with van der Waals surface area (Å²) in [5.41, 5.74) is 5.02. The molecule has 0 radical (unpaired) electrons. The molecule has 180 valence electrons. The first-order valence-corrected chi connectivity index (χ1v) is 11.1. The van der Waals surface area contributed by atoms with Gasteiger partial charge in [0.1, 0.15) is 5.69 Å². The van der Waals surface area contributed by atoms with Gasteiger partial charge in [-0.3, -0.25) is 16.1 Å². The summed E-state index contributed by atoms with van der Waals surface area (Å²) in [5, 5.41) is 19.7. The van der Waals surface area contributed by atoms with E-state index in [-0.39, 0.29) is 17.8 Å². The number of aliphatic hydroxyl groups is 1. The van der Waals surface area contributed by atoms with Crippen molar-refractivity contribution in [2.24, 2.45) is 5.10 Å². The van der Waals surface area contributed by atoms with Gasteiger partial charge in [-0.2, -0.15) is 13.2 Å². The van der Waals surface area contributed by atoms with Crippen LogP contribution in [0, 0.1) is 6.92 Å². The van der Waals surface area contributed by atoms with E-state index in [0.29, 0.717) is 34.5 Å². The highest BCUT2D eigenvalue weighted by Gasteiger charge is 2.30. The monoisotopic (exact) mass is 465 g/mol. The number of aryl methyl sites for hydroxylation is 1. The Hall–Kier alpha value is -2.59. The van der Waals surface area contributed by atoms with Gasteiger partial charge in [0.2, 0.25) is 6.35 Å². The molecule has 1 aromatic heterocycles. The second kappa shape index (κ2) is 8.64. The van der Waals surface area contributed by atoms with Gasteiger partial charge in [-0.25, -0.2) is 4.98 Å². The third kappa shape index (κ3) is 5.50. The number of alkyl halides is 3. The number of aromatic nitrogens is 1. The van der Waals surface area contributed by atoms with Crippen LogP contribution in [0.4, 0.5) is 18.9 Å². The number of benzene rings is 1. The minimum absolute atomic E-state index is 0.0207. The van der Waals surface area contributed by atoms with Gasteiger partial charge in [0, 0.05) is 17.1 Å². The molecule has 1 aliphatic heterocycles. The minimum Gasteiger partial charge on any atom is -0.436 e. The molecule has 0 bridgehead atoms. The first-order valence-electron chi connectivity index (χ1n) is 11.1. The molecule has 1 saturated carbocycles.